The molecule has 22 heavy (non-hydrogen) atoms. The first-order valence-corrected chi connectivity index (χ1v) is 6.61. The first-order valence-electron chi connectivity index (χ1n) is 6.24. The van der Waals surface area contributed by atoms with Gasteiger partial charge in [-0.3, -0.25) is 4.79 Å². The van der Waals surface area contributed by atoms with E-state index in [0.717, 1.165) is 6.08 Å². The molecule has 2 N–H and O–H groups in total. The minimum absolute atomic E-state index is 0.00205. The van der Waals surface area contributed by atoms with E-state index >= 15 is 0 Å². The van der Waals surface area contributed by atoms with E-state index in [4.69, 9.17) is 16.7 Å². The first-order chi connectivity index (χ1) is 10.5. The van der Waals surface area contributed by atoms with Gasteiger partial charge >= 0.3 is 5.97 Å². The van der Waals surface area contributed by atoms with E-state index < -0.39 is 17.7 Å². The molecule has 0 aliphatic rings. The summed E-state index contributed by atoms with van der Waals surface area (Å²) in [4.78, 5) is 22.7. The highest BCUT2D eigenvalue weighted by Crippen LogP contribution is 2.23. The molecule has 0 saturated heterocycles. The molecule has 0 aromatic heterocycles. The molecule has 112 valence electrons. The number of carboxylic acid groups (broad SMARTS) is 1. The van der Waals surface area contributed by atoms with Crippen molar-refractivity contribution >= 4 is 35.2 Å². The Balaban J connectivity index is 2.14. The summed E-state index contributed by atoms with van der Waals surface area (Å²) < 4.78 is 13.4. The fourth-order valence-corrected chi connectivity index (χ4v) is 1.87. The largest absolute Gasteiger partial charge is 0.478 e. The summed E-state index contributed by atoms with van der Waals surface area (Å²) in [5, 5.41) is 11.6. The summed E-state index contributed by atoms with van der Waals surface area (Å²) in [5.41, 5.74) is 0.436. The first kappa shape index (κ1) is 15.7. The Morgan fingerprint density at radius 2 is 1.91 bits per heavy atom. The van der Waals surface area contributed by atoms with Crippen LogP contribution in [0.1, 0.15) is 15.9 Å². The summed E-state index contributed by atoms with van der Waals surface area (Å²) in [7, 11) is 0. The molecule has 1 amide bonds. The van der Waals surface area contributed by atoms with Crippen molar-refractivity contribution in [3.8, 4) is 0 Å². The molecule has 0 atom stereocenters. The van der Waals surface area contributed by atoms with Crippen LogP contribution in [0.4, 0.5) is 10.1 Å². The molecule has 0 saturated carbocycles. The zero-order valence-electron chi connectivity index (χ0n) is 11.2. The Kier molecular flexibility index (Phi) is 4.91. The molecule has 4 nitrogen and oxygen atoms in total. The van der Waals surface area contributed by atoms with Crippen molar-refractivity contribution < 1.29 is 19.1 Å². The van der Waals surface area contributed by atoms with Gasteiger partial charge in [0.25, 0.3) is 0 Å². The Morgan fingerprint density at radius 1 is 1.18 bits per heavy atom. The fraction of sp³-hybridized carbons (Fsp3) is 0. The second kappa shape index (κ2) is 6.87. The van der Waals surface area contributed by atoms with Crippen LogP contribution in [-0.2, 0) is 4.79 Å². The molecule has 2 rings (SSSR count). The molecule has 0 aliphatic carbocycles. The third-order valence-corrected chi connectivity index (χ3v) is 3.12. The Morgan fingerprint density at radius 3 is 2.59 bits per heavy atom. The molecule has 6 heteroatoms. The molecule has 2 aromatic carbocycles. The van der Waals surface area contributed by atoms with Gasteiger partial charge < -0.3 is 10.4 Å². The lowest BCUT2D eigenvalue weighted by Crippen LogP contribution is -2.09. The maximum atomic E-state index is 13.4. The van der Waals surface area contributed by atoms with Crippen LogP contribution in [0.25, 0.3) is 6.08 Å². The molecule has 0 bridgehead atoms. The maximum absolute atomic E-state index is 13.4. The van der Waals surface area contributed by atoms with Gasteiger partial charge in [-0.2, -0.15) is 0 Å². The van der Waals surface area contributed by atoms with Crippen LogP contribution in [0.5, 0.6) is 0 Å². The SMILES string of the molecule is O=C(C=Cc1ccccc1F)Nc1cc(C(=O)O)ccc1Cl. The number of aromatic carboxylic acids is 1. The van der Waals surface area contributed by atoms with Crippen LogP contribution in [0.2, 0.25) is 5.02 Å². The van der Waals surface area contributed by atoms with Crippen LogP contribution in [0, 0.1) is 5.82 Å². The summed E-state index contributed by atoms with van der Waals surface area (Å²) in [6, 6.07) is 9.95. The minimum atomic E-state index is -1.13. The number of carbonyl (C=O) groups excluding carboxylic acids is 1. The molecular formula is C16H11ClFNO3. The molecule has 0 fully saturated rings. The lowest BCUT2D eigenvalue weighted by molar-refractivity contribution is -0.111. The smallest absolute Gasteiger partial charge is 0.335 e. The van der Waals surface area contributed by atoms with Crippen LogP contribution >= 0.6 is 11.6 Å². The highest BCUT2D eigenvalue weighted by molar-refractivity contribution is 6.34. The predicted octanol–water partition coefficient (Wildman–Crippen LogP) is 3.83. The number of halogens is 2. The van der Waals surface area contributed by atoms with Crippen molar-refractivity contribution in [1.29, 1.82) is 0 Å². The Hall–Kier alpha value is -2.66. The van der Waals surface area contributed by atoms with Crippen molar-refractivity contribution in [2.45, 2.75) is 0 Å². The van der Waals surface area contributed by atoms with E-state index in [2.05, 4.69) is 5.32 Å². The standard InChI is InChI=1S/C16H11ClFNO3/c17-12-7-5-11(16(21)22)9-14(12)19-15(20)8-6-10-3-1-2-4-13(10)18/h1-9H,(H,19,20)(H,21,22). The van der Waals surface area contributed by atoms with Crippen LogP contribution in [0.15, 0.2) is 48.5 Å². The van der Waals surface area contributed by atoms with E-state index in [1.807, 2.05) is 0 Å². The number of benzene rings is 2. The van der Waals surface area contributed by atoms with Gasteiger partial charge in [-0.25, -0.2) is 9.18 Å². The van der Waals surface area contributed by atoms with Crippen molar-refractivity contribution in [2.75, 3.05) is 5.32 Å². The summed E-state index contributed by atoms with van der Waals surface area (Å²) in [6.45, 7) is 0. The summed E-state index contributed by atoms with van der Waals surface area (Å²) in [5.74, 6) is -2.13. The quantitative estimate of drug-likeness (QED) is 0.842. The molecular weight excluding hydrogens is 309 g/mol. The number of rotatable bonds is 4. The molecule has 0 heterocycles. The second-order valence-electron chi connectivity index (χ2n) is 4.34. The van der Waals surface area contributed by atoms with E-state index in [9.17, 15) is 14.0 Å². The lowest BCUT2D eigenvalue weighted by atomic mass is 10.2. The van der Waals surface area contributed by atoms with Gasteiger partial charge in [0.05, 0.1) is 16.3 Å². The number of carbonyl (C=O) groups is 2. The topological polar surface area (TPSA) is 66.4 Å². The van der Waals surface area contributed by atoms with Crippen LogP contribution < -0.4 is 5.32 Å². The maximum Gasteiger partial charge on any atom is 0.335 e. The van der Waals surface area contributed by atoms with Gasteiger partial charge in [0.15, 0.2) is 0 Å². The van der Waals surface area contributed by atoms with Gasteiger partial charge in [0.2, 0.25) is 5.91 Å². The van der Waals surface area contributed by atoms with Crippen LogP contribution in [0.3, 0.4) is 0 Å². The number of amides is 1. The van der Waals surface area contributed by atoms with Gasteiger partial charge in [0, 0.05) is 11.6 Å². The lowest BCUT2D eigenvalue weighted by Gasteiger charge is -2.06. The second-order valence-corrected chi connectivity index (χ2v) is 4.75. The average molecular weight is 320 g/mol. The number of carboxylic acids is 1. The fourth-order valence-electron chi connectivity index (χ4n) is 1.70. The minimum Gasteiger partial charge on any atom is -0.478 e. The predicted molar refractivity (Wildman–Crippen MR) is 82.5 cm³/mol. The van der Waals surface area contributed by atoms with Crippen molar-refractivity contribution in [1.82, 2.24) is 0 Å². The molecule has 0 radical (unpaired) electrons. The zero-order valence-corrected chi connectivity index (χ0v) is 12.0. The van der Waals surface area contributed by atoms with Crippen molar-refractivity contribution in [3.63, 3.8) is 0 Å². The molecule has 0 aliphatic heterocycles. The van der Waals surface area contributed by atoms with Crippen LogP contribution in [-0.4, -0.2) is 17.0 Å². The van der Waals surface area contributed by atoms with Crippen molar-refractivity contribution in [3.05, 3.63) is 70.5 Å². The Bertz CT molecular complexity index is 759. The van der Waals surface area contributed by atoms with Gasteiger partial charge in [-0.15, -0.1) is 0 Å². The highest BCUT2D eigenvalue weighted by Gasteiger charge is 2.09. The number of nitrogens with one attached hydrogen (secondary N) is 1. The zero-order chi connectivity index (χ0) is 16.1. The monoisotopic (exact) mass is 319 g/mol. The third kappa shape index (κ3) is 3.93. The number of hydrogen-bond donors (Lipinski definition) is 2. The van der Waals surface area contributed by atoms with Gasteiger partial charge in [-0.1, -0.05) is 29.8 Å². The number of anilines is 1. The van der Waals surface area contributed by atoms with E-state index in [1.54, 1.807) is 12.1 Å². The highest BCUT2D eigenvalue weighted by atomic mass is 35.5. The third-order valence-electron chi connectivity index (χ3n) is 2.79. The molecule has 0 spiro atoms. The normalized spacial score (nSPS) is 10.6. The van der Waals surface area contributed by atoms with E-state index in [0.29, 0.717) is 0 Å². The Labute approximate surface area is 130 Å². The average Bonchev–Trinajstić information content (AvgIpc) is 2.48. The van der Waals surface area contributed by atoms with Gasteiger partial charge in [0.1, 0.15) is 5.82 Å². The molecule has 2 aromatic rings. The van der Waals surface area contributed by atoms with E-state index in [-0.39, 0.29) is 21.8 Å². The summed E-state index contributed by atoms with van der Waals surface area (Å²) in [6.07, 6.45) is 2.46. The van der Waals surface area contributed by atoms with Gasteiger partial charge in [-0.05, 0) is 30.3 Å². The van der Waals surface area contributed by atoms with E-state index in [1.165, 1.54) is 36.4 Å². The number of hydrogen-bond acceptors (Lipinski definition) is 2. The molecule has 0 unspecified atom stereocenters. The summed E-state index contributed by atoms with van der Waals surface area (Å²) >= 11 is 5.90. The van der Waals surface area contributed by atoms with Crippen molar-refractivity contribution in [2.24, 2.45) is 0 Å².